The highest BCUT2D eigenvalue weighted by Gasteiger charge is 2.59. The first kappa shape index (κ1) is 20.1. The second kappa shape index (κ2) is 8.56. The molecule has 0 aliphatic heterocycles. The van der Waals surface area contributed by atoms with Crippen LogP contribution in [-0.4, -0.2) is 31.1 Å². The lowest BCUT2D eigenvalue weighted by Crippen LogP contribution is -2.46. The summed E-state index contributed by atoms with van der Waals surface area (Å²) < 4.78 is 36.3. The minimum absolute atomic E-state index is 0.0883. The highest BCUT2D eigenvalue weighted by Crippen LogP contribution is 2.66. The van der Waals surface area contributed by atoms with Gasteiger partial charge >= 0.3 is 0 Å². The van der Waals surface area contributed by atoms with Crippen LogP contribution in [0.2, 0.25) is 0 Å². The van der Waals surface area contributed by atoms with Crippen molar-refractivity contribution in [2.45, 2.75) is 48.4 Å². The van der Waals surface area contributed by atoms with Crippen molar-refractivity contribution < 1.29 is 17.3 Å². The van der Waals surface area contributed by atoms with E-state index in [2.05, 4.69) is 44.1 Å². The summed E-state index contributed by atoms with van der Waals surface area (Å²) in [4.78, 5) is 0. The average Bonchev–Trinajstić information content (AvgIpc) is 3.28. The first-order valence-corrected chi connectivity index (χ1v) is 17.5. The van der Waals surface area contributed by atoms with Crippen molar-refractivity contribution in [2.24, 2.45) is 0 Å². The number of halogens is 2. The summed E-state index contributed by atoms with van der Waals surface area (Å²) in [5, 5.41) is -0.249. The lowest BCUT2D eigenvalue weighted by atomic mass is 9.96. The van der Waals surface area contributed by atoms with E-state index in [4.69, 9.17) is 8.92 Å². The fraction of sp³-hybridized carbons (Fsp3) is 0.600. The molecule has 24 heavy (non-hydrogen) atoms. The zero-order valence-corrected chi connectivity index (χ0v) is 19.8. The Hall–Kier alpha value is 1.33. The third-order valence-electron chi connectivity index (χ3n) is 4.61. The minimum Gasteiger partial charge on any atom is -0.375 e. The third kappa shape index (κ3) is 4.78. The van der Waals surface area contributed by atoms with Crippen LogP contribution in [0.4, 0.5) is 0 Å². The van der Waals surface area contributed by atoms with E-state index in [0.717, 1.165) is 18.4 Å². The van der Waals surface area contributed by atoms with Gasteiger partial charge in [-0.25, -0.2) is 8.42 Å². The van der Waals surface area contributed by atoms with Gasteiger partial charge in [0, 0.05) is 11.7 Å². The normalized spacial score (nSPS) is 25.5. The smallest absolute Gasteiger partial charge is 0.161 e. The Bertz CT molecular complexity index is 647. The summed E-state index contributed by atoms with van der Waals surface area (Å²) in [7, 11) is -3.13. The molecule has 0 radical (unpaired) electrons. The van der Waals surface area contributed by atoms with E-state index in [0.29, 0.717) is 26.1 Å². The average molecular weight is 612 g/mol. The fourth-order valence-electron chi connectivity index (χ4n) is 2.88. The van der Waals surface area contributed by atoms with Gasteiger partial charge in [0.1, 0.15) is 2.41 Å². The van der Waals surface area contributed by atoms with Gasteiger partial charge in [-0.15, -0.1) is 0 Å². The minimum atomic E-state index is -3.13. The van der Waals surface area contributed by atoms with E-state index in [1.54, 1.807) is 0 Å². The molecule has 0 aromatic heterocycles. The molecule has 0 amide bonds. The Balaban J connectivity index is 1.48. The second-order valence-corrected chi connectivity index (χ2v) is 26.5. The maximum Gasteiger partial charge on any atom is 0.161 e. The van der Waals surface area contributed by atoms with Crippen molar-refractivity contribution in [3.8, 4) is 0 Å². The van der Waals surface area contributed by atoms with Gasteiger partial charge in [-0.1, -0.05) is 30.3 Å². The summed E-state index contributed by atoms with van der Waals surface area (Å²) in [5.74, 6) is 0. The van der Waals surface area contributed by atoms with Crippen LogP contribution in [0.1, 0.15) is 31.2 Å². The highest BCUT2D eigenvalue weighted by atomic mass is 127. The Labute approximate surface area is 174 Å². The molecule has 0 unspecified atom stereocenters. The zero-order chi connectivity index (χ0) is 17.2. The van der Waals surface area contributed by atoms with Crippen LogP contribution in [0, 0.1) is 0 Å². The molecule has 1 aromatic carbocycles. The summed E-state index contributed by atoms with van der Waals surface area (Å²) in [5.41, 5.74) is 1.08. The molecule has 0 heterocycles. The van der Waals surface area contributed by atoms with Crippen LogP contribution >= 0.6 is 58.2 Å². The van der Waals surface area contributed by atoms with E-state index in [9.17, 15) is 8.42 Å². The first-order chi connectivity index (χ1) is 11.4. The first-order valence-electron chi connectivity index (χ1n) is 7.73. The molecule has 2 aliphatic rings. The van der Waals surface area contributed by atoms with E-state index in [1.807, 2.05) is 30.3 Å². The highest BCUT2D eigenvalue weighted by molar-refractivity contribution is 14.3. The molecule has 0 saturated heterocycles. The molecule has 0 atom stereocenters. The van der Waals surface area contributed by atoms with Gasteiger partial charge in [0.05, 0.1) is 29.3 Å². The molecule has 0 spiro atoms. The number of benzene rings is 1. The van der Waals surface area contributed by atoms with Crippen molar-refractivity contribution in [3.05, 3.63) is 35.9 Å². The molecular weight excluding hydrogens is 593 g/mol. The van der Waals surface area contributed by atoms with E-state index in [-0.39, 0.29) is 13.8 Å². The number of sulfone groups is 1. The van der Waals surface area contributed by atoms with Crippen molar-refractivity contribution >= 4 is 68.0 Å². The summed E-state index contributed by atoms with van der Waals surface area (Å²) in [6.07, 6.45) is 2.81. The summed E-state index contributed by atoms with van der Waals surface area (Å²) >= 11 is 6.15. The molecule has 2 fully saturated rings. The maximum atomic E-state index is 12.9. The molecule has 2 aliphatic carbocycles. The Morgan fingerprint density at radius 3 is 2.46 bits per heavy atom. The molecule has 2 saturated carbocycles. The topological polar surface area (TPSA) is 52.6 Å². The predicted molar refractivity (Wildman–Crippen MR) is 117 cm³/mol. The van der Waals surface area contributed by atoms with Crippen molar-refractivity contribution in [2.75, 3.05) is 6.61 Å². The van der Waals surface area contributed by atoms with Gasteiger partial charge in [-0.3, -0.25) is 0 Å². The molecule has 0 N–H and O–H groups in total. The quantitative estimate of drug-likeness (QED) is 0.211. The largest absolute Gasteiger partial charge is 0.375 e. The zero-order valence-electron chi connectivity index (χ0n) is 12.9. The molecule has 1 aromatic rings. The number of hydrogen-bond donors (Lipinski definition) is 0. The molecule has 0 bridgehead atoms. The van der Waals surface area contributed by atoms with Gasteiger partial charge in [0.2, 0.25) is 0 Å². The molecule has 3 rings (SSSR count). The maximum absolute atomic E-state index is 12.9. The fourth-order valence-corrected chi connectivity index (χ4v) is 8.01. The van der Waals surface area contributed by atoms with Crippen LogP contribution in [-0.2, 0) is 25.4 Å². The molecule has 4 nitrogen and oxygen atoms in total. The Morgan fingerprint density at radius 2 is 1.88 bits per heavy atom. The lowest BCUT2D eigenvalue weighted by Gasteiger charge is -2.36. The Morgan fingerprint density at radius 1 is 1.21 bits per heavy atom. The van der Waals surface area contributed by atoms with Crippen LogP contribution < -0.4 is 0 Å². The molecule has 134 valence electrons. The van der Waals surface area contributed by atoms with Crippen molar-refractivity contribution in [1.29, 1.82) is 0 Å². The lowest BCUT2D eigenvalue weighted by molar-refractivity contribution is 0.113. The van der Waals surface area contributed by atoms with E-state index in [1.165, 1.54) is 11.7 Å². The van der Waals surface area contributed by atoms with Crippen molar-refractivity contribution in [3.63, 3.8) is 0 Å². The van der Waals surface area contributed by atoms with Gasteiger partial charge in [0.25, 0.3) is 0 Å². The van der Waals surface area contributed by atoms with Crippen LogP contribution in [0.3, 0.4) is 0 Å². The van der Waals surface area contributed by atoms with Gasteiger partial charge < -0.3 is 8.92 Å². The van der Waals surface area contributed by atoms with Crippen LogP contribution in [0.5, 0.6) is 0 Å². The summed E-state index contributed by atoms with van der Waals surface area (Å²) in [6, 6.07) is 9.88. The van der Waals surface area contributed by atoms with E-state index >= 15 is 0 Å². The summed E-state index contributed by atoms with van der Waals surface area (Å²) in [6.45, 7) is 0.786. The number of ether oxygens (including phenoxy) is 1. The second-order valence-electron chi connectivity index (χ2n) is 6.29. The third-order valence-corrected chi connectivity index (χ3v) is 11.6. The van der Waals surface area contributed by atoms with Gasteiger partial charge in [0.15, 0.2) is 9.84 Å². The van der Waals surface area contributed by atoms with Crippen LogP contribution in [0.25, 0.3) is 0 Å². The molecule has 9 heteroatoms. The van der Waals surface area contributed by atoms with Gasteiger partial charge in [-0.2, -0.15) is 0 Å². The monoisotopic (exact) mass is 612 g/mol. The Kier molecular flexibility index (Phi) is 7.16. The number of rotatable bonds is 9. The number of hydrogen-bond acceptors (Lipinski definition) is 5. The van der Waals surface area contributed by atoms with Crippen molar-refractivity contribution in [1.82, 2.24) is 0 Å². The van der Waals surface area contributed by atoms with E-state index < -0.39 is 14.6 Å². The standard InChI is InChI=1S/C15H19I2O4PS2/c16-22(17)23-21-13-8-14(9-13)24(18,19)15(6-7-15)11-20-10-12-4-2-1-3-5-12/h1-5,13-14H,6-11H2. The SMILES string of the molecule is O=S(=O)(C1CC(OSP(I)I)C1)C1(COCc2ccccc2)CC1. The van der Waals surface area contributed by atoms with Crippen LogP contribution in [0.15, 0.2) is 30.3 Å². The van der Waals surface area contributed by atoms with Gasteiger partial charge in [-0.05, 0) is 75.3 Å². The predicted octanol–water partition coefficient (Wildman–Crippen LogP) is 5.44. The molecular formula is C15H19I2O4PS2.